The average Bonchev–Trinajstić information content (AvgIpc) is 3.21. The summed E-state index contributed by atoms with van der Waals surface area (Å²) >= 11 is 0. The third kappa shape index (κ3) is 3.98. The molecule has 0 aromatic heterocycles. The highest BCUT2D eigenvalue weighted by atomic mass is 35.7. The van der Waals surface area contributed by atoms with Gasteiger partial charge in [0.05, 0.1) is 4.90 Å². The average molecular weight is 330 g/mol. The van der Waals surface area contributed by atoms with E-state index in [0.717, 1.165) is 5.56 Å². The normalized spacial score (nSPS) is 16.6. The number of hydrogen-bond acceptors (Lipinski definition) is 3. The molecule has 0 aliphatic heterocycles. The summed E-state index contributed by atoms with van der Waals surface area (Å²) in [6.07, 6.45) is 2.46. The lowest BCUT2D eigenvalue weighted by Gasteiger charge is -2.13. The summed E-state index contributed by atoms with van der Waals surface area (Å²) in [6, 6.07) is 3.04. The van der Waals surface area contributed by atoms with Gasteiger partial charge in [-0.25, -0.2) is 8.42 Å². The molecule has 2 rings (SSSR count). The number of halogens is 1. The number of nitrogens with one attached hydrogen (secondary N) is 1. The van der Waals surface area contributed by atoms with Crippen molar-refractivity contribution in [3.63, 3.8) is 0 Å². The van der Waals surface area contributed by atoms with Gasteiger partial charge in [0, 0.05) is 22.8 Å². The van der Waals surface area contributed by atoms with Gasteiger partial charge in [0.1, 0.15) is 0 Å². The maximum Gasteiger partial charge on any atom is 0.261 e. The van der Waals surface area contributed by atoms with Crippen molar-refractivity contribution >= 4 is 25.6 Å². The van der Waals surface area contributed by atoms with Gasteiger partial charge in [-0.3, -0.25) is 4.79 Å². The molecule has 1 saturated carbocycles. The van der Waals surface area contributed by atoms with E-state index in [-0.39, 0.29) is 10.8 Å². The molecule has 1 aliphatic rings. The maximum absolute atomic E-state index is 12.2. The van der Waals surface area contributed by atoms with E-state index in [1.165, 1.54) is 18.9 Å². The van der Waals surface area contributed by atoms with Crippen LogP contribution < -0.4 is 5.32 Å². The van der Waals surface area contributed by atoms with Gasteiger partial charge in [-0.1, -0.05) is 6.92 Å². The van der Waals surface area contributed by atoms with E-state index in [1.54, 1.807) is 19.9 Å². The molecule has 1 atom stereocenters. The van der Waals surface area contributed by atoms with Crippen LogP contribution in [-0.2, 0) is 9.05 Å². The second-order valence-corrected chi connectivity index (χ2v) is 8.41. The molecule has 1 N–H and O–H groups in total. The van der Waals surface area contributed by atoms with E-state index in [0.29, 0.717) is 29.5 Å². The van der Waals surface area contributed by atoms with E-state index >= 15 is 0 Å². The third-order valence-corrected chi connectivity index (χ3v) is 5.60. The van der Waals surface area contributed by atoms with Crippen molar-refractivity contribution in [1.29, 1.82) is 0 Å². The zero-order chi connectivity index (χ0) is 15.8. The Morgan fingerprint density at radius 2 is 2.00 bits per heavy atom. The topological polar surface area (TPSA) is 63.2 Å². The Bertz CT molecular complexity index is 666. The lowest BCUT2D eigenvalue weighted by molar-refractivity contribution is 0.0946. The number of carbonyl (C=O) groups excluding carboxylic acids is 1. The molecule has 1 amide bonds. The fourth-order valence-corrected chi connectivity index (χ4v) is 3.67. The van der Waals surface area contributed by atoms with Gasteiger partial charge in [-0.2, -0.15) is 0 Å². The third-order valence-electron chi connectivity index (χ3n) is 4.16. The first-order chi connectivity index (χ1) is 9.70. The molecule has 1 fully saturated rings. The number of amides is 1. The molecule has 0 saturated heterocycles. The maximum atomic E-state index is 12.2. The summed E-state index contributed by atoms with van der Waals surface area (Å²) in [7, 11) is 1.58. The van der Waals surface area contributed by atoms with Crippen LogP contribution in [0.25, 0.3) is 0 Å². The summed E-state index contributed by atoms with van der Waals surface area (Å²) in [4.78, 5) is 12.2. The van der Waals surface area contributed by atoms with Crippen molar-refractivity contribution in [1.82, 2.24) is 5.32 Å². The number of carbonyl (C=O) groups is 1. The smallest absolute Gasteiger partial charge is 0.261 e. The molecular formula is C15H20ClNO3S. The summed E-state index contributed by atoms with van der Waals surface area (Å²) in [5, 5.41) is 2.87. The minimum absolute atomic E-state index is 0.00422. The molecule has 1 unspecified atom stereocenters. The summed E-state index contributed by atoms with van der Waals surface area (Å²) < 4.78 is 23.2. The molecule has 0 radical (unpaired) electrons. The van der Waals surface area contributed by atoms with Gasteiger partial charge in [0.25, 0.3) is 15.0 Å². The van der Waals surface area contributed by atoms with Crippen molar-refractivity contribution in [2.24, 2.45) is 11.8 Å². The van der Waals surface area contributed by atoms with Crippen LogP contribution in [0.2, 0.25) is 0 Å². The van der Waals surface area contributed by atoms with Gasteiger partial charge >= 0.3 is 0 Å². The second-order valence-electron chi connectivity index (χ2n) is 5.88. The van der Waals surface area contributed by atoms with Gasteiger partial charge in [0.2, 0.25) is 0 Å². The first-order valence-electron chi connectivity index (χ1n) is 7.04. The van der Waals surface area contributed by atoms with Crippen LogP contribution in [0, 0.1) is 25.7 Å². The number of benzene rings is 1. The van der Waals surface area contributed by atoms with Crippen LogP contribution in [0.3, 0.4) is 0 Å². The van der Waals surface area contributed by atoms with E-state index in [9.17, 15) is 13.2 Å². The quantitative estimate of drug-likeness (QED) is 0.845. The minimum atomic E-state index is -3.85. The van der Waals surface area contributed by atoms with Gasteiger partial charge < -0.3 is 5.32 Å². The fourth-order valence-electron chi connectivity index (χ4n) is 2.40. The highest BCUT2D eigenvalue weighted by Gasteiger charge is 2.28. The first kappa shape index (κ1) is 16.3. The molecule has 116 valence electrons. The van der Waals surface area contributed by atoms with Crippen molar-refractivity contribution in [2.45, 2.75) is 38.5 Å². The molecule has 1 aromatic carbocycles. The molecular weight excluding hydrogens is 310 g/mol. The van der Waals surface area contributed by atoms with Gasteiger partial charge in [-0.15, -0.1) is 0 Å². The zero-order valence-corrected chi connectivity index (χ0v) is 14.0. The summed E-state index contributed by atoms with van der Waals surface area (Å²) in [5.74, 6) is 0.910. The summed E-state index contributed by atoms with van der Waals surface area (Å²) in [5.41, 5.74) is 1.64. The van der Waals surface area contributed by atoms with Crippen LogP contribution in [0.4, 0.5) is 0 Å². The molecule has 1 aliphatic carbocycles. The SMILES string of the molecule is Cc1cc(C(=O)NCC(C)C2CC2)cc(S(=O)(=O)Cl)c1C. The van der Waals surface area contributed by atoms with Crippen LogP contribution >= 0.6 is 10.7 Å². The largest absolute Gasteiger partial charge is 0.352 e. The molecule has 6 heteroatoms. The minimum Gasteiger partial charge on any atom is -0.352 e. The predicted molar refractivity (Wildman–Crippen MR) is 83.2 cm³/mol. The molecule has 1 aromatic rings. The predicted octanol–water partition coefficient (Wildman–Crippen LogP) is 3.01. The Kier molecular flexibility index (Phi) is 4.63. The highest BCUT2D eigenvalue weighted by molar-refractivity contribution is 8.13. The van der Waals surface area contributed by atoms with E-state index in [2.05, 4.69) is 12.2 Å². The Labute approximate surface area is 130 Å². The Morgan fingerprint density at radius 1 is 1.38 bits per heavy atom. The number of hydrogen-bond donors (Lipinski definition) is 1. The standard InChI is InChI=1S/C15H20ClNO3S/c1-9-6-13(7-14(11(9)3)21(16,19)20)15(18)17-8-10(2)12-4-5-12/h6-7,10,12H,4-5,8H2,1-3H3,(H,17,18). The van der Waals surface area contributed by atoms with E-state index in [1.807, 2.05) is 0 Å². The number of aryl methyl sites for hydroxylation is 1. The van der Waals surface area contributed by atoms with E-state index in [4.69, 9.17) is 10.7 Å². The van der Waals surface area contributed by atoms with Crippen molar-refractivity contribution < 1.29 is 13.2 Å². The van der Waals surface area contributed by atoms with Gasteiger partial charge in [0.15, 0.2) is 0 Å². The number of rotatable bonds is 5. The van der Waals surface area contributed by atoms with Crippen LogP contribution in [0.1, 0.15) is 41.3 Å². The Balaban J connectivity index is 2.19. The van der Waals surface area contributed by atoms with Crippen molar-refractivity contribution in [3.8, 4) is 0 Å². The second kappa shape index (κ2) is 5.97. The van der Waals surface area contributed by atoms with E-state index < -0.39 is 9.05 Å². The molecule has 0 heterocycles. The Morgan fingerprint density at radius 3 is 2.52 bits per heavy atom. The first-order valence-corrected chi connectivity index (χ1v) is 9.35. The monoisotopic (exact) mass is 329 g/mol. The molecule has 4 nitrogen and oxygen atoms in total. The fraction of sp³-hybridized carbons (Fsp3) is 0.533. The van der Waals surface area contributed by atoms with Crippen LogP contribution in [0.15, 0.2) is 17.0 Å². The lowest BCUT2D eigenvalue weighted by Crippen LogP contribution is -2.29. The van der Waals surface area contributed by atoms with Crippen molar-refractivity contribution in [2.75, 3.05) is 6.54 Å². The Hall–Kier alpha value is -1.07. The lowest BCUT2D eigenvalue weighted by atomic mass is 10.0. The molecule has 0 bridgehead atoms. The highest BCUT2D eigenvalue weighted by Crippen LogP contribution is 2.36. The van der Waals surface area contributed by atoms with Crippen LogP contribution in [0.5, 0.6) is 0 Å². The van der Waals surface area contributed by atoms with Crippen LogP contribution in [-0.4, -0.2) is 20.9 Å². The molecule has 21 heavy (non-hydrogen) atoms. The van der Waals surface area contributed by atoms with Gasteiger partial charge in [-0.05, 0) is 61.8 Å². The summed E-state index contributed by atoms with van der Waals surface area (Å²) in [6.45, 7) is 6.18. The zero-order valence-electron chi connectivity index (χ0n) is 12.4. The van der Waals surface area contributed by atoms with Crippen molar-refractivity contribution in [3.05, 3.63) is 28.8 Å². The molecule has 0 spiro atoms.